The van der Waals surface area contributed by atoms with Gasteiger partial charge in [-0.05, 0) is 19.3 Å². The second-order valence-corrected chi connectivity index (χ2v) is 4.93. The van der Waals surface area contributed by atoms with E-state index in [1.807, 2.05) is 0 Å². The van der Waals surface area contributed by atoms with E-state index < -0.39 is 0 Å². The van der Waals surface area contributed by atoms with Gasteiger partial charge in [0.1, 0.15) is 5.82 Å². The zero-order valence-corrected chi connectivity index (χ0v) is 9.92. The van der Waals surface area contributed by atoms with Gasteiger partial charge in [-0.3, -0.25) is 0 Å². The van der Waals surface area contributed by atoms with E-state index in [1.54, 1.807) is 0 Å². The predicted octanol–water partition coefficient (Wildman–Crippen LogP) is 2.30. The highest BCUT2D eigenvalue weighted by atomic mass is 15.0. The Balaban J connectivity index is 1.92. The van der Waals surface area contributed by atoms with Crippen molar-refractivity contribution in [3.63, 3.8) is 0 Å². The van der Waals surface area contributed by atoms with Crippen LogP contribution in [0.25, 0.3) is 0 Å². The maximum absolute atomic E-state index is 4.79. The summed E-state index contributed by atoms with van der Waals surface area (Å²) in [4.78, 5) is 9.48. The third-order valence-electron chi connectivity index (χ3n) is 3.48. The van der Waals surface area contributed by atoms with E-state index in [4.69, 9.17) is 4.98 Å². The molecular formula is C13H19N3. The largest absolute Gasteiger partial charge is 0.307 e. The summed E-state index contributed by atoms with van der Waals surface area (Å²) in [5, 5.41) is 3.39. The lowest BCUT2D eigenvalue weighted by atomic mass is 10.1. The summed E-state index contributed by atoms with van der Waals surface area (Å²) in [6, 6.07) is 0. The smallest absolute Gasteiger partial charge is 0.128 e. The average molecular weight is 217 g/mol. The van der Waals surface area contributed by atoms with Crippen LogP contribution in [0.3, 0.4) is 0 Å². The topological polar surface area (TPSA) is 37.8 Å². The van der Waals surface area contributed by atoms with Crippen LogP contribution >= 0.6 is 0 Å². The van der Waals surface area contributed by atoms with Crippen molar-refractivity contribution in [3.05, 3.63) is 22.8 Å². The zero-order valence-electron chi connectivity index (χ0n) is 9.92. The van der Waals surface area contributed by atoms with E-state index in [0.717, 1.165) is 31.3 Å². The van der Waals surface area contributed by atoms with Crippen LogP contribution in [0, 0.1) is 0 Å². The van der Waals surface area contributed by atoms with Gasteiger partial charge in [-0.2, -0.15) is 0 Å². The van der Waals surface area contributed by atoms with Crippen molar-refractivity contribution >= 4 is 0 Å². The van der Waals surface area contributed by atoms with Gasteiger partial charge in [0.2, 0.25) is 0 Å². The van der Waals surface area contributed by atoms with Crippen molar-refractivity contribution in [1.82, 2.24) is 15.3 Å². The van der Waals surface area contributed by atoms with Gasteiger partial charge >= 0.3 is 0 Å². The van der Waals surface area contributed by atoms with Crippen molar-refractivity contribution in [2.24, 2.45) is 0 Å². The monoisotopic (exact) mass is 217 g/mol. The molecule has 3 nitrogen and oxygen atoms in total. The van der Waals surface area contributed by atoms with Crippen LogP contribution < -0.4 is 5.32 Å². The number of unbranched alkanes of at least 4 members (excludes halogenated alkanes) is 1. The van der Waals surface area contributed by atoms with Gasteiger partial charge < -0.3 is 5.32 Å². The second-order valence-electron chi connectivity index (χ2n) is 4.93. The SMILES string of the molecule is CCCCc1nc2c(c(C3CC3)n1)CNC2. The number of hydrogen-bond acceptors (Lipinski definition) is 3. The van der Waals surface area contributed by atoms with Crippen molar-refractivity contribution in [1.29, 1.82) is 0 Å². The first-order chi connectivity index (χ1) is 7.88. The van der Waals surface area contributed by atoms with Gasteiger partial charge in [-0.15, -0.1) is 0 Å². The van der Waals surface area contributed by atoms with E-state index in [1.165, 1.54) is 42.6 Å². The minimum Gasteiger partial charge on any atom is -0.307 e. The molecule has 3 heteroatoms. The number of nitrogens with zero attached hydrogens (tertiary/aromatic N) is 2. The molecule has 1 N–H and O–H groups in total. The molecule has 1 fully saturated rings. The van der Waals surface area contributed by atoms with E-state index in [0.29, 0.717) is 0 Å². The van der Waals surface area contributed by atoms with Crippen molar-refractivity contribution < 1.29 is 0 Å². The van der Waals surface area contributed by atoms with E-state index in [-0.39, 0.29) is 0 Å². The highest BCUT2D eigenvalue weighted by molar-refractivity contribution is 5.33. The molecule has 0 aromatic carbocycles. The molecule has 3 rings (SSSR count). The van der Waals surface area contributed by atoms with Crippen LogP contribution in [0.1, 0.15) is 61.3 Å². The van der Waals surface area contributed by atoms with Gasteiger partial charge in [0.25, 0.3) is 0 Å². The molecule has 0 unspecified atom stereocenters. The van der Waals surface area contributed by atoms with Gasteiger partial charge in [-0.25, -0.2) is 9.97 Å². The Labute approximate surface area is 96.7 Å². The molecule has 1 saturated carbocycles. The van der Waals surface area contributed by atoms with Crippen molar-refractivity contribution in [2.45, 2.75) is 58.0 Å². The third-order valence-corrected chi connectivity index (χ3v) is 3.48. The summed E-state index contributed by atoms with van der Waals surface area (Å²) >= 11 is 0. The van der Waals surface area contributed by atoms with E-state index in [9.17, 15) is 0 Å². The van der Waals surface area contributed by atoms with Gasteiger partial charge in [0.15, 0.2) is 0 Å². The molecule has 86 valence electrons. The highest BCUT2D eigenvalue weighted by Crippen LogP contribution is 2.41. The standard InChI is InChI=1S/C13H19N3/c1-2-3-4-12-15-11-8-14-7-10(11)13(16-12)9-5-6-9/h9,14H,2-8H2,1H3. The van der Waals surface area contributed by atoms with Crippen LogP contribution in [-0.2, 0) is 19.5 Å². The lowest BCUT2D eigenvalue weighted by Crippen LogP contribution is -2.05. The third kappa shape index (κ3) is 1.84. The number of aromatic nitrogens is 2. The maximum atomic E-state index is 4.79. The number of aryl methyl sites for hydroxylation is 1. The Kier molecular flexibility index (Phi) is 2.64. The lowest BCUT2D eigenvalue weighted by molar-refractivity contribution is 0.730. The summed E-state index contributed by atoms with van der Waals surface area (Å²) < 4.78 is 0. The lowest BCUT2D eigenvalue weighted by Gasteiger charge is -2.08. The fourth-order valence-electron chi connectivity index (χ4n) is 2.39. The summed E-state index contributed by atoms with van der Waals surface area (Å²) in [5.41, 5.74) is 4.03. The molecule has 1 aromatic heterocycles. The van der Waals surface area contributed by atoms with Crippen molar-refractivity contribution in [3.8, 4) is 0 Å². The zero-order chi connectivity index (χ0) is 11.0. The maximum Gasteiger partial charge on any atom is 0.128 e. The molecule has 0 spiro atoms. The van der Waals surface area contributed by atoms with Gasteiger partial charge in [0, 0.05) is 31.0 Å². The Hall–Kier alpha value is -0.960. The summed E-state index contributed by atoms with van der Waals surface area (Å²) in [6.07, 6.45) is 6.13. The van der Waals surface area contributed by atoms with Gasteiger partial charge in [0.05, 0.1) is 11.4 Å². The number of fused-ring (bicyclic) bond motifs is 1. The Morgan fingerprint density at radius 2 is 2.12 bits per heavy atom. The first-order valence-corrected chi connectivity index (χ1v) is 6.47. The molecule has 2 heterocycles. The van der Waals surface area contributed by atoms with Crippen molar-refractivity contribution in [2.75, 3.05) is 0 Å². The normalized spacial score (nSPS) is 18.8. The molecule has 0 amide bonds. The fourth-order valence-corrected chi connectivity index (χ4v) is 2.39. The first kappa shape index (κ1) is 10.2. The highest BCUT2D eigenvalue weighted by Gasteiger charge is 2.31. The fraction of sp³-hybridized carbons (Fsp3) is 0.692. The number of rotatable bonds is 4. The molecule has 2 aliphatic rings. The minimum atomic E-state index is 0.747. The minimum absolute atomic E-state index is 0.747. The molecular weight excluding hydrogens is 198 g/mol. The molecule has 1 aromatic rings. The molecule has 1 aliphatic heterocycles. The Morgan fingerprint density at radius 3 is 2.88 bits per heavy atom. The van der Waals surface area contributed by atoms with E-state index >= 15 is 0 Å². The quantitative estimate of drug-likeness (QED) is 0.841. The molecule has 0 bridgehead atoms. The Morgan fingerprint density at radius 1 is 1.25 bits per heavy atom. The average Bonchev–Trinajstić information content (AvgIpc) is 3.03. The predicted molar refractivity (Wildman–Crippen MR) is 63.2 cm³/mol. The van der Waals surface area contributed by atoms with Crippen LogP contribution in [0.2, 0.25) is 0 Å². The first-order valence-electron chi connectivity index (χ1n) is 6.47. The van der Waals surface area contributed by atoms with Crippen LogP contribution in [0.15, 0.2) is 0 Å². The van der Waals surface area contributed by atoms with E-state index in [2.05, 4.69) is 17.2 Å². The van der Waals surface area contributed by atoms with Gasteiger partial charge in [-0.1, -0.05) is 13.3 Å². The summed E-state index contributed by atoms with van der Waals surface area (Å²) in [6.45, 7) is 4.14. The number of nitrogens with one attached hydrogen (secondary N) is 1. The van der Waals surface area contributed by atoms with Crippen LogP contribution in [0.5, 0.6) is 0 Å². The molecule has 1 aliphatic carbocycles. The Bertz CT molecular complexity index is 396. The second kappa shape index (κ2) is 4.13. The van der Waals surface area contributed by atoms with Crippen LogP contribution in [0.4, 0.5) is 0 Å². The molecule has 0 atom stereocenters. The molecule has 0 saturated heterocycles. The molecule has 0 radical (unpaired) electrons. The number of hydrogen-bond donors (Lipinski definition) is 1. The summed E-state index contributed by atoms with van der Waals surface area (Å²) in [7, 11) is 0. The summed E-state index contributed by atoms with van der Waals surface area (Å²) in [5.74, 6) is 1.82. The molecule has 16 heavy (non-hydrogen) atoms. The van der Waals surface area contributed by atoms with Crippen LogP contribution in [-0.4, -0.2) is 9.97 Å².